The third-order valence-corrected chi connectivity index (χ3v) is 5.37. The second-order valence-electron chi connectivity index (χ2n) is 5.29. The summed E-state index contributed by atoms with van der Waals surface area (Å²) in [5, 5.41) is 3.36. The molecule has 20 heavy (non-hydrogen) atoms. The molecule has 0 spiro atoms. The average molecular weight is 303 g/mol. The summed E-state index contributed by atoms with van der Waals surface area (Å²) < 4.78 is 37.1. The van der Waals surface area contributed by atoms with E-state index in [0.717, 1.165) is 0 Å². The summed E-state index contributed by atoms with van der Waals surface area (Å²) >= 11 is 0. The molecule has 0 radical (unpaired) electrons. The summed E-state index contributed by atoms with van der Waals surface area (Å²) in [6.45, 7) is 6.47. The summed E-state index contributed by atoms with van der Waals surface area (Å²) in [4.78, 5) is 4.20. The highest BCUT2D eigenvalue weighted by Crippen LogP contribution is 2.19. The van der Waals surface area contributed by atoms with Gasteiger partial charge in [0.2, 0.25) is 15.9 Å². The van der Waals surface area contributed by atoms with E-state index in [1.807, 2.05) is 13.8 Å². The zero-order chi connectivity index (χ0) is 14.8. The van der Waals surface area contributed by atoms with E-state index in [-0.39, 0.29) is 18.6 Å². The van der Waals surface area contributed by atoms with Crippen LogP contribution < -0.4 is 4.72 Å². The van der Waals surface area contributed by atoms with Crippen LogP contribution in [0.2, 0.25) is 0 Å². The Labute approximate surface area is 119 Å². The third kappa shape index (κ3) is 3.56. The number of ether oxygens (including phenoxy) is 1. The Morgan fingerprint density at radius 3 is 2.75 bits per heavy atom. The minimum atomic E-state index is -3.35. The SMILES string of the molecule is CC(C)c1noc(CCNS(=O)(=O)[C@@H]2CCO[C@H]2C)n1. The van der Waals surface area contributed by atoms with Gasteiger partial charge in [0, 0.05) is 25.5 Å². The van der Waals surface area contributed by atoms with Crippen LogP contribution in [0.5, 0.6) is 0 Å². The molecule has 0 bridgehead atoms. The summed E-state index contributed by atoms with van der Waals surface area (Å²) in [6.07, 6.45) is 0.665. The molecule has 1 aliphatic rings. The van der Waals surface area contributed by atoms with Crippen LogP contribution in [0.15, 0.2) is 4.52 Å². The number of nitrogens with one attached hydrogen (secondary N) is 1. The molecule has 114 valence electrons. The van der Waals surface area contributed by atoms with Crippen molar-refractivity contribution in [2.45, 2.75) is 50.9 Å². The molecule has 0 saturated carbocycles. The fourth-order valence-electron chi connectivity index (χ4n) is 2.13. The summed E-state index contributed by atoms with van der Waals surface area (Å²) in [5.74, 6) is 1.29. The van der Waals surface area contributed by atoms with Crippen LogP contribution >= 0.6 is 0 Å². The van der Waals surface area contributed by atoms with Crippen LogP contribution in [0.3, 0.4) is 0 Å². The molecule has 1 N–H and O–H groups in total. The summed E-state index contributed by atoms with van der Waals surface area (Å²) in [5.41, 5.74) is 0. The van der Waals surface area contributed by atoms with Gasteiger partial charge in [-0.25, -0.2) is 13.1 Å². The summed E-state index contributed by atoms with van der Waals surface area (Å²) in [6, 6.07) is 0. The zero-order valence-electron chi connectivity index (χ0n) is 12.0. The summed E-state index contributed by atoms with van der Waals surface area (Å²) in [7, 11) is -3.35. The highest BCUT2D eigenvalue weighted by atomic mass is 32.2. The predicted octanol–water partition coefficient (Wildman–Crippen LogP) is 0.832. The fraction of sp³-hybridized carbons (Fsp3) is 0.833. The van der Waals surface area contributed by atoms with E-state index in [4.69, 9.17) is 9.26 Å². The molecule has 7 nitrogen and oxygen atoms in total. The van der Waals surface area contributed by atoms with E-state index in [1.54, 1.807) is 6.92 Å². The minimum absolute atomic E-state index is 0.195. The van der Waals surface area contributed by atoms with Gasteiger partial charge < -0.3 is 9.26 Å². The number of hydrogen-bond donors (Lipinski definition) is 1. The van der Waals surface area contributed by atoms with Crippen LogP contribution in [0.25, 0.3) is 0 Å². The molecule has 8 heteroatoms. The van der Waals surface area contributed by atoms with Crippen molar-refractivity contribution in [1.82, 2.24) is 14.9 Å². The first-order valence-electron chi connectivity index (χ1n) is 6.82. The van der Waals surface area contributed by atoms with E-state index < -0.39 is 15.3 Å². The van der Waals surface area contributed by atoms with Crippen molar-refractivity contribution >= 4 is 10.0 Å². The lowest BCUT2D eigenvalue weighted by Gasteiger charge is -2.15. The van der Waals surface area contributed by atoms with E-state index in [9.17, 15) is 8.42 Å². The van der Waals surface area contributed by atoms with Crippen LogP contribution in [0.1, 0.15) is 44.8 Å². The molecule has 0 amide bonds. The molecule has 0 aromatic carbocycles. The van der Waals surface area contributed by atoms with Crippen molar-refractivity contribution in [3.05, 3.63) is 11.7 Å². The normalized spacial score (nSPS) is 23.6. The van der Waals surface area contributed by atoms with Gasteiger partial charge in [-0.2, -0.15) is 4.98 Å². The molecular formula is C12H21N3O4S. The molecule has 1 fully saturated rings. The Hall–Kier alpha value is -0.990. The van der Waals surface area contributed by atoms with Crippen LogP contribution in [-0.2, 0) is 21.2 Å². The second kappa shape index (κ2) is 6.19. The lowest BCUT2D eigenvalue weighted by molar-refractivity contribution is 0.126. The highest BCUT2D eigenvalue weighted by molar-refractivity contribution is 7.90. The predicted molar refractivity (Wildman–Crippen MR) is 72.8 cm³/mol. The highest BCUT2D eigenvalue weighted by Gasteiger charge is 2.35. The van der Waals surface area contributed by atoms with Crippen molar-refractivity contribution in [1.29, 1.82) is 0 Å². The maximum absolute atomic E-state index is 12.1. The third-order valence-electron chi connectivity index (χ3n) is 3.35. The zero-order valence-corrected chi connectivity index (χ0v) is 12.8. The molecule has 0 unspecified atom stereocenters. The Kier molecular flexibility index (Phi) is 4.77. The van der Waals surface area contributed by atoms with Gasteiger partial charge in [0.15, 0.2) is 5.82 Å². The van der Waals surface area contributed by atoms with Crippen molar-refractivity contribution < 1.29 is 17.7 Å². The van der Waals surface area contributed by atoms with E-state index in [2.05, 4.69) is 14.9 Å². The van der Waals surface area contributed by atoms with Gasteiger partial charge in [-0.1, -0.05) is 19.0 Å². The molecular weight excluding hydrogens is 282 g/mol. The lowest BCUT2D eigenvalue weighted by atomic mass is 10.2. The van der Waals surface area contributed by atoms with Crippen LogP contribution in [-0.4, -0.2) is 43.1 Å². The van der Waals surface area contributed by atoms with Crippen molar-refractivity contribution in [3.63, 3.8) is 0 Å². The van der Waals surface area contributed by atoms with Gasteiger partial charge in [-0.3, -0.25) is 0 Å². The largest absolute Gasteiger partial charge is 0.377 e. The van der Waals surface area contributed by atoms with Crippen molar-refractivity contribution in [3.8, 4) is 0 Å². The van der Waals surface area contributed by atoms with Crippen molar-refractivity contribution in [2.24, 2.45) is 0 Å². The molecule has 1 aliphatic heterocycles. The Balaban J connectivity index is 1.85. The lowest BCUT2D eigenvalue weighted by Crippen LogP contribution is -2.39. The quantitative estimate of drug-likeness (QED) is 0.836. The fourth-order valence-corrected chi connectivity index (χ4v) is 3.72. The molecule has 1 saturated heterocycles. The Morgan fingerprint density at radius 1 is 1.45 bits per heavy atom. The van der Waals surface area contributed by atoms with Crippen LogP contribution in [0, 0.1) is 0 Å². The Bertz CT molecular complexity index is 541. The standard InChI is InChI=1S/C12H21N3O4S/c1-8(2)12-14-11(19-15-12)4-6-13-20(16,17)10-5-7-18-9(10)3/h8-10,13H,4-7H2,1-3H3/t9-,10+/m0/s1. The second-order valence-corrected chi connectivity index (χ2v) is 7.28. The van der Waals surface area contributed by atoms with Gasteiger partial charge in [-0.15, -0.1) is 0 Å². The van der Waals surface area contributed by atoms with Gasteiger partial charge >= 0.3 is 0 Å². The number of hydrogen-bond acceptors (Lipinski definition) is 6. The number of sulfonamides is 1. The number of aromatic nitrogens is 2. The van der Waals surface area contributed by atoms with E-state index >= 15 is 0 Å². The first-order valence-corrected chi connectivity index (χ1v) is 8.37. The Morgan fingerprint density at radius 2 is 2.20 bits per heavy atom. The van der Waals surface area contributed by atoms with Gasteiger partial charge in [-0.05, 0) is 13.3 Å². The number of rotatable bonds is 6. The smallest absolute Gasteiger partial charge is 0.227 e. The van der Waals surface area contributed by atoms with Gasteiger partial charge in [0.1, 0.15) is 5.25 Å². The van der Waals surface area contributed by atoms with Gasteiger partial charge in [0.25, 0.3) is 0 Å². The number of nitrogens with zero attached hydrogens (tertiary/aromatic N) is 2. The average Bonchev–Trinajstić information content (AvgIpc) is 2.97. The minimum Gasteiger partial charge on any atom is -0.377 e. The first-order chi connectivity index (χ1) is 9.40. The maximum Gasteiger partial charge on any atom is 0.227 e. The monoisotopic (exact) mass is 303 g/mol. The van der Waals surface area contributed by atoms with Crippen LogP contribution in [0.4, 0.5) is 0 Å². The molecule has 2 rings (SSSR count). The topological polar surface area (TPSA) is 94.3 Å². The molecule has 2 heterocycles. The maximum atomic E-state index is 12.1. The van der Waals surface area contributed by atoms with Crippen molar-refractivity contribution in [2.75, 3.05) is 13.2 Å². The van der Waals surface area contributed by atoms with Gasteiger partial charge in [0.05, 0.1) is 6.10 Å². The molecule has 0 aliphatic carbocycles. The molecule has 2 atom stereocenters. The molecule has 1 aromatic rings. The molecule has 1 aromatic heterocycles. The van der Waals surface area contributed by atoms with E-state index in [1.165, 1.54) is 0 Å². The van der Waals surface area contributed by atoms with E-state index in [0.29, 0.717) is 31.2 Å². The first kappa shape index (κ1) is 15.4.